The summed E-state index contributed by atoms with van der Waals surface area (Å²) >= 11 is 0. The van der Waals surface area contributed by atoms with E-state index in [1.807, 2.05) is 26.8 Å². The monoisotopic (exact) mass is 306 g/mol. The molecule has 0 aromatic heterocycles. The molecule has 3 amide bonds. The number of nitrogens with one attached hydrogen (secondary N) is 2. The third-order valence-electron chi connectivity index (χ3n) is 2.86. The number of ether oxygens (including phenoxy) is 1. The van der Waals surface area contributed by atoms with E-state index >= 15 is 0 Å². The Kier molecular flexibility index (Phi) is 6.56. The number of rotatable bonds is 5. The molecule has 0 fully saturated rings. The number of benzene rings is 1. The van der Waals surface area contributed by atoms with Crippen LogP contribution in [0.25, 0.3) is 0 Å². The standard InChI is InChI=1S/C16H22N2O4/c1-10(2)8-17-16(21)18-14(19)9-22-15(20)13-6-5-11(3)7-12(13)4/h5-7,10H,8-9H2,1-4H3,(H2,17,18,19,21). The highest BCUT2D eigenvalue weighted by Gasteiger charge is 2.14. The van der Waals surface area contributed by atoms with Crippen LogP contribution in [0.2, 0.25) is 0 Å². The summed E-state index contributed by atoms with van der Waals surface area (Å²) in [6, 6.07) is 4.71. The topological polar surface area (TPSA) is 84.5 Å². The molecule has 0 aliphatic carbocycles. The van der Waals surface area contributed by atoms with Gasteiger partial charge >= 0.3 is 12.0 Å². The fourth-order valence-corrected chi connectivity index (χ4v) is 1.76. The number of carbonyl (C=O) groups excluding carboxylic acids is 3. The van der Waals surface area contributed by atoms with Gasteiger partial charge in [0.1, 0.15) is 0 Å². The summed E-state index contributed by atoms with van der Waals surface area (Å²) < 4.78 is 4.91. The van der Waals surface area contributed by atoms with E-state index in [9.17, 15) is 14.4 Å². The summed E-state index contributed by atoms with van der Waals surface area (Å²) in [5.41, 5.74) is 2.22. The van der Waals surface area contributed by atoms with Crippen molar-refractivity contribution >= 4 is 17.9 Å². The molecule has 0 saturated heterocycles. The maximum Gasteiger partial charge on any atom is 0.338 e. The zero-order valence-electron chi connectivity index (χ0n) is 13.4. The van der Waals surface area contributed by atoms with Crippen molar-refractivity contribution in [3.8, 4) is 0 Å². The molecule has 0 aliphatic rings. The average Bonchev–Trinajstić information content (AvgIpc) is 2.42. The Labute approximate surface area is 130 Å². The molecule has 0 spiro atoms. The minimum atomic E-state index is -0.667. The maximum atomic E-state index is 11.9. The summed E-state index contributed by atoms with van der Waals surface area (Å²) in [5, 5.41) is 4.64. The van der Waals surface area contributed by atoms with E-state index < -0.39 is 24.5 Å². The Hall–Kier alpha value is -2.37. The zero-order valence-corrected chi connectivity index (χ0v) is 13.4. The van der Waals surface area contributed by atoms with Crippen LogP contribution >= 0.6 is 0 Å². The van der Waals surface area contributed by atoms with Gasteiger partial charge in [-0.2, -0.15) is 0 Å². The van der Waals surface area contributed by atoms with Crippen LogP contribution < -0.4 is 10.6 Å². The number of hydrogen-bond acceptors (Lipinski definition) is 4. The van der Waals surface area contributed by atoms with Crippen molar-refractivity contribution in [2.24, 2.45) is 5.92 Å². The molecular formula is C16H22N2O4. The van der Waals surface area contributed by atoms with Gasteiger partial charge < -0.3 is 10.1 Å². The molecule has 6 heteroatoms. The molecule has 0 aliphatic heterocycles. The molecule has 0 unspecified atom stereocenters. The fourth-order valence-electron chi connectivity index (χ4n) is 1.76. The minimum absolute atomic E-state index is 0.281. The lowest BCUT2D eigenvalue weighted by Crippen LogP contribution is -2.42. The number of aryl methyl sites for hydroxylation is 2. The van der Waals surface area contributed by atoms with Crippen LogP contribution in [-0.4, -0.2) is 31.1 Å². The van der Waals surface area contributed by atoms with Crippen LogP contribution in [0.3, 0.4) is 0 Å². The second kappa shape index (κ2) is 8.17. The summed E-state index contributed by atoms with van der Waals surface area (Å²) in [6.07, 6.45) is 0. The lowest BCUT2D eigenvalue weighted by Gasteiger charge is -2.09. The van der Waals surface area contributed by atoms with E-state index in [-0.39, 0.29) is 5.92 Å². The van der Waals surface area contributed by atoms with Gasteiger partial charge in [0.2, 0.25) is 0 Å². The molecule has 2 N–H and O–H groups in total. The SMILES string of the molecule is Cc1ccc(C(=O)OCC(=O)NC(=O)NCC(C)C)c(C)c1. The van der Waals surface area contributed by atoms with Crippen LogP contribution in [-0.2, 0) is 9.53 Å². The highest BCUT2D eigenvalue weighted by atomic mass is 16.5. The lowest BCUT2D eigenvalue weighted by atomic mass is 10.1. The second-order valence-electron chi connectivity index (χ2n) is 5.55. The molecule has 0 bridgehead atoms. The van der Waals surface area contributed by atoms with Crippen molar-refractivity contribution in [2.75, 3.05) is 13.2 Å². The first-order valence-electron chi connectivity index (χ1n) is 7.11. The van der Waals surface area contributed by atoms with E-state index in [4.69, 9.17) is 4.74 Å². The molecule has 22 heavy (non-hydrogen) atoms. The molecular weight excluding hydrogens is 284 g/mol. The van der Waals surface area contributed by atoms with Crippen LogP contribution in [0.15, 0.2) is 18.2 Å². The van der Waals surface area contributed by atoms with Crippen LogP contribution in [0.1, 0.15) is 35.3 Å². The molecule has 1 aromatic carbocycles. The Morgan fingerprint density at radius 1 is 1.18 bits per heavy atom. The lowest BCUT2D eigenvalue weighted by molar-refractivity contribution is -0.123. The number of hydrogen-bond donors (Lipinski definition) is 2. The number of amides is 3. The van der Waals surface area contributed by atoms with Crippen molar-refractivity contribution in [3.63, 3.8) is 0 Å². The fraction of sp³-hybridized carbons (Fsp3) is 0.438. The van der Waals surface area contributed by atoms with E-state index in [0.717, 1.165) is 11.1 Å². The smallest absolute Gasteiger partial charge is 0.338 e. The summed E-state index contributed by atoms with van der Waals surface area (Å²) in [4.78, 5) is 34.8. The number of carbonyl (C=O) groups is 3. The molecule has 1 rings (SSSR count). The van der Waals surface area contributed by atoms with Gasteiger partial charge in [0, 0.05) is 6.54 Å². The predicted molar refractivity (Wildman–Crippen MR) is 82.6 cm³/mol. The highest BCUT2D eigenvalue weighted by Crippen LogP contribution is 2.11. The van der Waals surface area contributed by atoms with Crippen molar-refractivity contribution in [1.82, 2.24) is 10.6 Å². The summed E-state index contributed by atoms with van der Waals surface area (Å²) in [6.45, 7) is 7.55. The van der Waals surface area contributed by atoms with Crippen LogP contribution in [0.5, 0.6) is 0 Å². The van der Waals surface area contributed by atoms with Crippen molar-refractivity contribution in [1.29, 1.82) is 0 Å². The zero-order chi connectivity index (χ0) is 16.7. The number of urea groups is 1. The number of esters is 1. The molecule has 0 heterocycles. The van der Waals surface area contributed by atoms with Gasteiger partial charge in [-0.25, -0.2) is 9.59 Å². The van der Waals surface area contributed by atoms with Gasteiger partial charge in [0.25, 0.3) is 5.91 Å². The largest absolute Gasteiger partial charge is 0.452 e. The molecule has 0 atom stereocenters. The van der Waals surface area contributed by atoms with E-state index in [2.05, 4.69) is 10.6 Å². The van der Waals surface area contributed by atoms with E-state index in [1.165, 1.54) is 0 Å². The molecule has 6 nitrogen and oxygen atoms in total. The third kappa shape index (κ3) is 5.95. The van der Waals surface area contributed by atoms with Crippen LogP contribution in [0.4, 0.5) is 4.79 Å². The number of imide groups is 1. The quantitative estimate of drug-likeness (QED) is 0.814. The van der Waals surface area contributed by atoms with Gasteiger partial charge in [-0.05, 0) is 31.4 Å². The van der Waals surface area contributed by atoms with Gasteiger partial charge in [-0.1, -0.05) is 31.5 Å². The Morgan fingerprint density at radius 3 is 2.45 bits per heavy atom. The van der Waals surface area contributed by atoms with Gasteiger partial charge in [-0.15, -0.1) is 0 Å². The minimum Gasteiger partial charge on any atom is -0.452 e. The normalized spacial score (nSPS) is 10.2. The first kappa shape index (κ1) is 17.7. The van der Waals surface area contributed by atoms with Gasteiger partial charge in [-0.3, -0.25) is 10.1 Å². The maximum absolute atomic E-state index is 11.9. The van der Waals surface area contributed by atoms with Crippen molar-refractivity contribution in [3.05, 3.63) is 34.9 Å². The molecule has 0 radical (unpaired) electrons. The Balaban J connectivity index is 2.43. The molecule has 120 valence electrons. The first-order valence-corrected chi connectivity index (χ1v) is 7.11. The van der Waals surface area contributed by atoms with Crippen molar-refractivity contribution < 1.29 is 19.1 Å². The summed E-state index contributed by atoms with van der Waals surface area (Å²) in [5.74, 6) is -0.974. The van der Waals surface area contributed by atoms with E-state index in [0.29, 0.717) is 12.1 Å². The molecule has 1 aromatic rings. The Morgan fingerprint density at radius 2 is 1.86 bits per heavy atom. The Bertz CT molecular complexity index is 567. The second-order valence-corrected chi connectivity index (χ2v) is 5.55. The first-order chi connectivity index (χ1) is 10.3. The summed E-state index contributed by atoms with van der Waals surface area (Å²) in [7, 11) is 0. The predicted octanol–water partition coefficient (Wildman–Crippen LogP) is 1.94. The molecule has 0 saturated carbocycles. The van der Waals surface area contributed by atoms with Gasteiger partial charge in [0.15, 0.2) is 6.61 Å². The third-order valence-corrected chi connectivity index (χ3v) is 2.86. The average molecular weight is 306 g/mol. The van der Waals surface area contributed by atoms with Crippen LogP contribution in [0, 0.1) is 19.8 Å². The van der Waals surface area contributed by atoms with Crippen molar-refractivity contribution in [2.45, 2.75) is 27.7 Å². The highest BCUT2D eigenvalue weighted by molar-refractivity contribution is 5.97. The van der Waals surface area contributed by atoms with E-state index in [1.54, 1.807) is 19.1 Å². The van der Waals surface area contributed by atoms with Gasteiger partial charge in [0.05, 0.1) is 5.56 Å².